The van der Waals surface area contributed by atoms with Crippen LogP contribution in [0.15, 0.2) is 0 Å². The Labute approximate surface area is 93.1 Å². The van der Waals surface area contributed by atoms with E-state index in [1.165, 1.54) is 32.5 Å². The fourth-order valence-electron chi connectivity index (χ4n) is 2.75. The molecule has 0 aromatic carbocycles. The molecule has 0 unspecified atom stereocenters. The van der Waals surface area contributed by atoms with Crippen LogP contribution in [0.4, 0.5) is 0 Å². The summed E-state index contributed by atoms with van der Waals surface area (Å²) >= 11 is 0. The van der Waals surface area contributed by atoms with Crippen LogP contribution in [0.5, 0.6) is 0 Å². The largest absolute Gasteiger partial charge is 0.395 e. The molecule has 88 valence electrons. The van der Waals surface area contributed by atoms with Gasteiger partial charge in [-0.2, -0.15) is 0 Å². The average Bonchev–Trinajstić information content (AvgIpc) is 2.46. The quantitative estimate of drug-likeness (QED) is 0.737. The third-order valence-corrected chi connectivity index (χ3v) is 3.91. The van der Waals surface area contributed by atoms with Crippen LogP contribution in [-0.4, -0.2) is 58.8 Å². The van der Waals surface area contributed by atoms with Crippen LogP contribution < -0.4 is 0 Å². The second-order valence-electron chi connectivity index (χ2n) is 5.95. The van der Waals surface area contributed by atoms with Gasteiger partial charge in [-0.05, 0) is 40.2 Å². The molecule has 2 aliphatic rings. The van der Waals surface area contributed by atoms with E-state index in [0.717, 1.165) is 0 Å². The van der Waals surface area contributed by atoms with Crippen molar-refractivity contribution >= 4 is 0 Å². The van der Waals surface area contributed by atoms with Crippen LogP contribution >= 0.6 is 0 Å². The van der Waals surface area contributed by atoms with E-state index in [4.69, 9.17) is 0 Å². The van der Waals surface area contributed by atoms with E-state index in [0.29, 0.717) is 24.2 Å². The summed E-state index contributed by atoms with van der Waals surface area (Å²) in [5, 5.41) is 9.28. The van der Waals surface area contributed by atoms with Gasteiger partial charge in [0.15, 0.2) is 0 Å². The van der Waals surface area contributed by atoms with Crippen molar-refractivity contribution in [1.29, 1.82) is 0 Å². The van der Waals surface area contributed by atoms with Gasteiger partial charge in [0.1, 0.15) is 0 Å². The Morgan fingerprint density at radius 1 is 1.27 bits per heavy atom. The van der Waals surface area contributed by atoms with Crippen molar-refractivity contribution < 1.29 is 5.11 Å². The van der Waals surface area contributed by atoms with Gasteiger partial charge in [0.05, 0.1) is 6.61 Å². The van der Waals surface area contributed by atoms with Crippen LogP contribution in [0, 0.1) is 0 Å². The maximum atomic E-state index is 9.28. The number of aliphatic hydroxyl groups is 1. The Bertz CT molecular complexity index is 218. The minimum atomic E-state index is 0.310. The minimum Gasteiger partial charge on any atom is -0.395 e. The highest BCUT2D eigenvalue weighted by atomic mass is 16.3. The van der Waals surface area contributed by atoms with Crippen molar-refractivity contribution in [3.63, 3.8) is 0 Å². The van der Waals surface area contributed by atoms with E-state index in [9.17, 15) is 5.11 Å². The molecule has 0 saturated carbocycles. The molecule has 15 heavy (non-hydrogen) atoms. The molecule has 3 nitrogen and oxygen atoms in total. The summed E-state index contributed by atoms with van der Waals surface area (Å²) in [5.74, 6) is 0. The van der Waals surface area contributed by atoms with Crippen LogP contribution in [-0.2, 0) is 0 Å². The number of rotatable bonds is 2. The number of hydrogen-bond donors (Lipinski definition) is 1. The van der Waals surface area contributed by atoms with Crippen molar-refractivity contribution in [1.82, 2.24) is 9.80 Å². The van der Waals surface area contributed by atoms with Crippen LogP contribution in [0.1, 0.15) is 33.6 Å². The van der Waals surface area contributed by atoms with Gasteiger partial charge in [-0.15, -0.1) is 0 Å². The molecule has 2 aliphatic heterocycles. The summed E-state index contributed by atoms with van der Waals surface area (Å²) in [5.41, 5.74) is 0.310. The van der Waals surface area contributed by atoms with Crippen molar-refractivity contribution in [2.45, 2.75) is 51.2 Å². The van der Waals surface area contributed by atoms with Crippen LogP contribution in [0.25, 0.3) is 0 Å². The van der Waals surface area contributed by atoms with Gasteiger partial charge < -0.3 is 5.11 Å². The van der Waals surface area contributed by atoms with Gasteiger partial charge in [0.2, 0.25) is 0 Å². The molecule has 1 atom stereocenters. The minimum absolute atomic E-state index is 0.310. The first-order chi connectivity index (χ1) is 7.02. The van der Waals surface area contributed by atoms with Crippen molar-refractivity contribution in [2.75, 3.05) is 26.2 Å². The Balaban J connectivity index is 1.84. The van der Waals surface area contributed by atoms with Gasteiger partial charge in [-0.1, -0.05) is 0 Å². The lowest BCUT2D eigenvalue weighted by molar-refractivity contribution is -0.0336. The summed E-state index contributed by atoms with van der Waals surface area (Å²) in [7, 11) is 0. The van der Waals surface area contributed by atoms with E-state index in [1.54, 1.807) is 0 Å². The van der Waals surface area contributed by atoms with Crippen molar-refractivity contribution in [2.24, 2.45) is 0 Å². The first-order valence-electron chi connectivity index (χ1n) is 6.14. The highest BCUT2D eigenvalue weighted by molar-refractivity contribution is 4.97. The van der Waals surface area contributed by atoms with Crippen molar-refractivity contribution in [3.8, 4) is 0 Å². The number of aliphatic hydroxyl groups excluding tert-OH is 1. The molecule has 0 bridgehead atoms. The summed E-state index contributed by atoms with van der Waals surface area (Å²) in [6.45, 7) is 10.7. The molecule has 0 amide bonds. The molecule has 1 N–H and O–H groups in total. The lowest BCUT2D eigenvalue weighted by atomic mass is 9.96. The molecule has 0 radical (unpaired) electrons. The van der Waals surface area contributed by atoms with Gasteiger partial charge in [-0.25, -0.2) is 0 Å². The SMILES string of the molecule is CC(C)(C)N1CC(N2CCC[C@H]2CO)C1. The number of hydrogen-bond acceptors (Lipinski definition) is 3. The van der Waals surface area contributed by atoms with Gasteiger partial charge in [0, 0.05) is 30.7 Å². The standard InChI is InChI=1S/C12H24N2O/c1-12(2,3)13-7-11(8-13)14-6-4-5-10(14)9-15/h10-11,15H,4-9H2,1-3H3/t10-/m0/s1. The summed E-state index contributed by atoms with van der Waals surface area (Å²) in [4.78, 5) is 5.03. The first kappa shape index (κ1) is 11.4. The average molecular weight is 212 g/mol. The molecule has 2 fully saturated rings. The van der Waals surface area contributed by atoms with E-state index < -0.39 is 0 Å². The van der Waals surface area contributed by atoms with E-state index >= 15 is 0 Å². The fourth-order valence-corrected chi connectivity index (χ4v) is 2.75. The molecule has 2 rings (SSSR count). The normalized spacial score (nSPS) is 30.8. The maximum absolute atomic E-state index is 9.28. The topological polar surface area (TPSA) is 26.7 Å². The molecule has 2 saturated heterocycles. The Morgan fingerprint density at radius 3 is 2.47 bits per heavy atom. The third kappa shape index (κ3) is 2.19. The predicted molar refractivity (Wildman–Crippen MR) is 61.9 cm³/mol. The van der Waals surface area contributed by atoms with Gasteiger partial charge in [0.25, 0.3) is 0 Å². The molecule has 3 heteroatoms. The van der Waals surface area contributed by atoms with Crippen LogP contribution in [0.3, 0.4) is 0 Å². The predicted octanol–water partition coefficient (Wildman–Crippen LogP) is 0.926. The monoisotopic (exact) mass is 212 g/mol. The van der Waals surface area contributed by atoms with E-state index in [1.807, 2.05) is 0 Å². The maximum Gasteiger partial charge on any atom is 0.0587 e. The molecule has 0 aromatic rings. The molecule has 0 aliphatic carbocycles. The first-order valence-corrected chi connectivity index (χ1v) is 6.14. The van der Waals surface area contributed by atoms with Gasteiger partial charge in [-0.3, -0.25) is 9.80 Å². The zero-order chi connectivity index (χ0) is 11.1. The second-order valence-corrected chi connectivity index (χ2v) is 5.95. The Kier molecular flexibility index (Phi) is 3.06. The van der Waals surface area contributed by atoms with Crippen LogP contribution in [0.2, 0.25) is 0 Å². The molecule has 2 heterocycles. The van der Waals surface area contributed by atoms with E-state index in [-0.39, 0.29) is 0 Å². The highest BCUT2D eigenvalue weighted by Crippen LogP contribution is 2.29. The molecular formula is C12H24N2O. The van der Waals surface area contributed by atoms with Crippen molar-refractivity contribution in [3.05, 3.63) is 0 Å². The number of nitrogens with zero attached hydrogens (tertiary/aromatic N) is 2. The number of likely N-dealkylation sites (tertiary alicyclic amines) is 2. The smallest absolute Gasteiger partial charge is 0.0587 e. The zero-order valence-electron chi connectivity index (χ0n) is 10.2. The van der Waals surface area contributed by atoms with E-state index in [2.05, 4.69) is 30.6 Å². The molecule has 0 spiro atoms. The van der Waals surface area contributed by atoms with Gasteiger partial charge >= 0.3 is 0 Å². The molecular weight excluding hydrogens is 188 g/mol. The zero-order valence-corrected chi connectivity index (χ0v) is 10.2. The second kappa shape index (κ2) is 4.04. The molecule has 0 aromatic heterocycles. The fraction of sp³-hybridized carbons (Fsp3) is 1.00. The summed E-state index contributed by atoms with van der Waals surface area (Å²) in [6.07, 6.45) is 2.44. The Morgan fingerprint density at radius 2 is 1.93 bits per heavy atom. The lowest BCUT2D eigenvalue weighted by Gasteiger charge is -2.51. The highest BCUT2D eigenvalue weighted by Gasteiger charge is 2.40. The Hall–Kier alpha value is -0.120. The summed E-state index contributed by atoms with van der Waals surface area (Å²) in [6, 6.07) is 1.14. The summed E-state index contributed by atoms with van der Waals surface area (Å²) < 4.78 is 0. The third-order valence-electron chi connectivity index (χ3n) is 3.91. The lowest BCUT2D eigenvalue weighted by Crippen LogP contribution is -2.65.